The zero-order valence-corrected chi connectivity index (χ0v) is 37.4. The van der Waals surface area contributed by atoms with Crippen LogP contribution in [0, 0.1) is 5.92 Å². The van der Waals surface area contributed by atoms with Gasteiger partial charge >= 0.3 is 17.9 Å². The highest BCUT2D eigenvalue weighted by atomic mass is 16.6. The standard InChI is InChI=1S/C49H94O6/c1-5-7-9-11-13-14-15-22-25-29-32-36-40-47(50)53-43-46(55-49(52)42-38-34-27-12-10-8-6-2)44-54-48(51)41-37-33-30-26-23-20-18-16-17-19-21-24-28-31-35-39-45(3)4/h45-46H,5-44H2,1-4H3/t46-/m1/s1. The quantitative estimate of drug-likeness (QED) is 0.0348. The highest BCUT2D eigenvalue weighted by molar-refractivity contribution is 5.71. The number of esters is 3. The van der Waals surface area contributed by atoms with Gasteiger partial charge < -0.3 is 14.2 Å². The van der Waals surface area contributed by atoms with Crippen LogP contribution in [0.25, 0.3) is 0 Å². The van der Waals surface area contributed by atoms with Crippen molar-refractivity contribution in [2.24, 2.45) is 5.92 Å². The SMILES string of the molecule is CCCCCCCCCCCCCCC(=O)OC[C@H](COC(=O)CCCCCCCCCCCCCCCCCC(C)C)OC(=O)CCCCCCCCC. The van der Waals surface area contributed by atoms with Gasteiger partial charge in [-0.2, -0.15) is 0 Å². The van der Waals surface area contributed by atoms with Crippen molar-refractivity contribution in [1.29, 1.82) is 0 Å². The molecule has 0 aliphatic carbocycles. The van der Waals surface area contributed by atoms with Crippen LogP contribution in [0.1, 0.15) is 272 Å². The summed E-state index contributed by atoms with van der Waals surface area (Å²) < 4.78 is 16.7. The molecule has 0 heterocycles. The zero-order valence-electron chi connectivity index (χ0n) is 37.4. The van der Waals surface area contributed by atoms with Crippen LogP contribution in [0.5, 0.6) is 0 Å². The van der Waals surface area contributed by atoms with Crippen molar-refractivity contribution in [3.8, 4) is 0 Å². The largest absolute Gasteiger partial charge is 0.462 e. The smallest absolute Gasteiger partial charge is 0.306 e. The fourth-order valence-corrected chi connectivity index (χ4v) is 7.33. The first kappa shape index (κ1) is 53.4. The van der Waals surface area contributed by atoms with E-state index in [2.05, 4.69) is 27.7 Å². The summed E-state index contributed by atoms with van der Waals surface area (Å²) in [6, 6.07) is 0. The predicted molar refractivity (Wildman–Crippen MR) is 233 cm³/mol. The van der Waals surface area contributed by atoms with Crippen LogP contribution >= 0.6 is 0 Å². The van der Waals surface area contributed by atoms with Gasteiger partial charge in [-0.3, -0.25) is 14.4 Å². The Bertz CT molecular complexity index is 826. The van der Waals surface area contributed by atoms with E-state index in [1.165, 1.54) is 167 Å². The molecule has 0 aromatic carbocycles. The molecule has 0 fully saturated rings. The minimum Gasteiger partial charge on any atom is -0.462 e. The minimum absolute atomic E-state index is 0.0637. The molecule has 0 rings (SSSR count). The predicted octanol–water partition coefficient (Wildman–Crippen LogP) is 15.5. The number of ether oxygens (including phenoxy) is 3. The van der Waals surface area contributed by atoms with Crippen molar-refractivity contribution in [2.75, 3.05) is 13.2 Å². The third-order valence-electron chi connectivity index (χ3n) is 11.0. The van der Waals surface area contributed by atoms with E-state index in [1.54, 1.807) is 0 Å². The van der Waals surface area contributed by atoms with Crippen molar-refractivity contribution in [3.63, 3.8) is 0 Å². The first-order valence-electron chi connectivity index (χ1n) is 24.4. The highest BCUT2D eigenvalue weighted by Gasteiger charge is 2.19. The van der Waals surface area contributed by atoms with E-state index >= 15 is 0 Å². The van der Waals surface area contributed by atoms with Crippen LogP contribution in [0.15, 0.2) is 0 Å². The molecule has 0 saturated heterocycles. The average Bonchev–Trinajstić information content (AvgIpc) is 3.17. The van der Waals surface area contributed by atoms with E-state index in [-0.39, 0.29) is 31.1 Å². The minimum atomic E-state index is -0.758. The van der Waals surface area contributed by atoms with Crippen LogP contribution < -0.4 is 0 Å². The normalized spacial score (nSPS) is 11.9. The van der Waals surface area contributed by atoms with E-state index in [0.717, 1.165) is 63.7 Å². The van der Waals surface area contributed by atoms with Crippen molar-refractivity contribution in [3.05, 3.63) is 0 Å². The zero-order chi connectivity index (χ0) is 40.3. The average molecular weight is 779 g/mol. The summed E-state index contributed by atoms with van der Waals surface area (Å²) in [4.78, 5) is 37.6. The molecule has 1 atom stereocenters. The molecule has 326 valence electrons. The molecule has 0 unspecified atom stereocenters. The van der Waals surface area contributed by atoms with Gasteiger partial charge in [0.2, 0.25) is 0 Å². The third-order valence-corrected chi connectivity index (χ3v) is 11.0. The summed E-state index contributed by atoms with van der Waals surface area (Å²) >= 11 is 0. The molecule has 0 radical (unpaired) electrons. The monoisotopic (exact) mass is 779 g/mol. The van der Waals surface area contributed by atoms with Gasteiger partial charge in [-0.1, -0.05) is 233 Å². The summed E-state index contributed by atoms with van der Waals surface area (Å²) in [6.45, 7) is 8.98. The lowest BCUT2D eigenvalue weighted by atomic mass is 10.0. The van der Waals surface area contributed by atoms with Crippen LogP contribution in [0.3, 0.4) is 0 Å². The fourth-order valence-electron chi connectivity index (χ4n) is 7.33. The fraction of sp³-hybridized carbons (Fsp3) is 0.939. The Morgan fingerprint density at radius 3 is 0.891 bits per heavy atom. The second-order valence-electron chi connectivity index (χ2n) is 17.2. The van der Waals surface area contributed by atoms with Gasteiger partial charge in [0.1, 0.15) is 13.2 Å². The van der Waals surface area contributed by atoms with E-state index < -0.39 is 6.10 Å². The number of carbonyl (C=O) groups is 3. The van der Waals surface area contributed by atoms with Crippen molar-refractivity contribution in [1.82, 2.24) is 0 Å². The first-order chi connectivity index (χ1) is 26.9. The first-order valence-corrected chi connectivity index (χ1v) is 24.4. The van der Waals surface area contributed by atoms with E-state index in [9.17, 15) is 14.4 Å². The summed E-state index contributed by atoms with van der Waals surface area (Å²) in [5, 5.41) is 0. The maximum atomic E-state index is 12.6. The van der Waals surface area contributed by atoms with Gasteiger partial charge in [0.05, 0.1) is 0 Å². The molecule has 0 saturated carbocycles. The summed E-state index contributed by atoms with van der Waals surface area (Å²) in [5.74, 6) is -0.00676. The summed E-state index contributed by atoms with van der Waals surface area (Å²) in [7, 11) is 0. The lowest BCUT2D eigenvalue weighted by molar-refractivity contribution is -0.167. The van der Waals surface area contributed by atoms with Crippen LogP contribution in [0.2, 0.25) is 0 Å². The van der Waals surface area contributed by atoms with Gasteiger partial charge in [0.25, 0.3) is 0 Å². The maximum Gasteiger partial charge on any atom is 0.306 e. The third kappa shape index (κ3) is 43.4. The Hall–Kier alpha value is -1.59. The number of rotatable bonds is 44. The molecule has 6 nitrogen and oxygen atoms in total. The molecule has 0 aromatic rings. The van der Waals surface area contributed by atoms with Crippen molar-refractivity contribution >= 4 is 17.9 Å². The molecule has 0 aromatic heterocycles. The van der Waals surface area contributed by atoms with Crippen molar-refractivity contribution < 1.29 is 28.6 Å². The number of hydrogen-bond donors (Lipinski definition) is 0. The molecule has 0 N–H and O–H groups in total. The van der Waals surface area contributed by atoms with Crippen molar-refractivity contribution in [2.45, 2.75) is 278 Å². The lowest BCUT2D eigenvalue weighted by Gasteiger charge is -2.18. The Balaban J connectivity index is 4.16. The lowest BCUT2D eigenvalue weighted by Crippen LogP contribution is -2.30. The Morgan fingerprint density at radius 2 is 0.600 bits per heavy atom. The Labute approximate surface area is 342 Å². The molecule has 55 heavy (non-hydrogen) atoms. The van der Waals surface area contributed by atoms with Crippen LogP contribution in [-0.4, -0.2) is 37.2 Å². The molecular weight excluding hydrogens is 685 g/mol. The molecular formula is C49H94O6. The van der Waals surface area contributed by atoms with Gasteiger partial charge in [-0.05, 0) is 25.2 Å². The van der Waals surface area contributed by atoms with Crippen LogP contribution in [0.4, 0.5) is 0 Å². The number of unbranched alkanes of at least 4 members (excludes halogenated alkanes) is 31. The van der Waals surface area contributed by atoms with Gasteiger partial charge in [-0.25, -0.2) is 0 Å². The molecule has 0 amide bonds. The van der Waals surface area contributed by atoms with E-state index in [0.29, 0.717) is 19.3 Å². The number of hydrogen-bond acceptors (Lipinski definition) is 6. The van der Waals surface area contributed by atoms with E-state index in [1.807, 2.05) is 0 Å². The Kier molecular flexibility index (Phi) is 42.3. The highest BCUT2D eigenvalue weighted by Crippen LogP contribution is 2.17. The van der Waals surface area contributed by atoms with E-state index in [4.69, 9.17) is 14.2 Å². The summed E-state index contributed by atoms with van der Waals surface area (Å²) in [6.07, 6.45) is 43.8. The Morgan fingerprint density at radius 1 is 0.345 bits per heavy atom. The molecule has 0 spiro atoms. The molecule has 0 aliphatic rings. The van der Waals surface area contributed by atoms with Gasteiger partial charge in [-0.15, -0.1) is 0 Å². The summed E-state index contributed by atoms with van der Waals surface area (Å²) in [5.41, 5.74) is 0. The molecule has 6 heteroatoms. The molecule has 0 bridgehead atoms. The van der Waals surface area contributed by atoms with Gasteiger partial charge in [0, 0.05) is 19.3 Å². The molecule has 0 aliphatic heterocycles. The second-order valence-corrected chi connectivity index (χ2v) is 17.2. The van der Waals surface area contributed by atoms with Gasteiger partial charge in [0.15, 0.2) is 6.10 Å². The van der Waals surface area contributed by atoms with Crippen LogP contribution in [-0.2, 0) is 28.6 Å². The maximum absolute atomic E-state index is 12.6. The second kappa shape index (κ2) is 43.5. The topological polar surface area (TPSA) is 78.9 Å². The number of carbonyl (C=O) groups excluding carboxylic acids is 3.